The Bertz CT molecular complexity index is 480. The first-order valence-electron chi connectivity index (χ1n) is 5.02. The molecule has 4 nitrogen and oxygen atoms in total. The van der Waals surface area contributed by atoms with Crippen molar-refractivity contribution in [3.8, 4) is 0 Å². The molecule has 0 aliphatic rings. The van der Waals surface area contributed by atoms with Gasteiger partial charge in [-0.15, -0.1) is 0 Å². The van der Waals surface area contributed by atoms with E-state index in [9.17, 15) is 0 Å². The summed E-state index contributed by atoms with van der Waals surface area (Å²) in [6.07, 6.45) is 5.48. The van der Waals surface area contributed by atoms with Crippen LogP contribution in [0.2, 0.25) is 5.15 Å². The van der Waals surface area contributed by atoms with Crippen molar-refractivity contribution >= 4 is 17.3 Å². The second-order valence-electron chi connectivity index (χ2n) is 3.66. The van der Waals surface area contributed by atoms with Crippen molar-refractivity contribution in [1.82, 2.24) is 14.8 Å². The first kappa shape index (κ1) is 11.0. The van der Waals surface area contributed by atoms with Crippen LogP contribution in [0.3, 0.4) is 0 Å². The molecule has 1 N–H and O–H groups in total. The molecule has 0 bridgehead atoms. The van der Waals surface area contributed by atoms with Gasteiger partial charge >= 0.3 is 0 Å². The molecule has 0 fully saturated rings. The largest absolute Gasteiger partial charge is 0.376 e. The van der Waals surface area contributed by atoms with Gasteiger partial charge < -0.3 is 5.32 Å². The Hall–Kier alpha value is -1.55. The monoisotopic (exact) mass is 236 g/mol. The van der Waals surface area contributed by atoms with Crippen LogP contribution in [0.15, 0.2) is 30.7 Å². The molecule has 2 heterocycles. The molecule has 2 aromatic heterocycles. The van der Waals surface area contributed by atoms with Crippen LogP contribution in [-0.4, -0.2) is 14.8 Å². The highest BCUT2D eigenvalue weighted by Crippen LogP contribution is 2.23. The summed E-state index contributed by atoms with van der Waals surface area (Å²) < 4.78 is 1.78. The maximum Gasteiger partial charge on any atom is 0.152 e. The third-order valence-electron chi connectivity index (χ3n) is 2.36. The van der Waals surface area contributed by atoms with E-state index in [1.165, 1.54) is 0 Å². The van der Waals surface area contributed by atoms with Gasteiger partial charge in [-0.2, -0.15) is 5.10 Å². The van der Waals surface area contributed by atoms with Gasteiger partial charge in [-0.3, -0.25) is 4.68 Å². The van der Waals surface area contributed by atoms with Gasteiger partial charge in [0.15, 0.2) is 5.15 Å². The molecule has 0 aliphatic carbocycles. The van der Waals surface area contributed by atoms with E-state index in [1.807, 2.05) is 31.6 Å². The fraction of sp³-hybridized carbons (Fsp3) is 0.273. The molecular weight excluding hydrogens is 224 g/mol. The van der Waals surface area contributed by atoms with E-state index in [0.29, 0.717) is 5.15 Å². The smallest absolute Gasteiger partial charge is 0.152 e. The van der Waals surface area contributed by atoms with Crippen LogP contribution in [-0.2, 0) is 7.05 Å². The van der Waals surface area contributed by atoms with Crippen molar-refractivity contribution in [2.24, 2.45) is 7.05 Å². The minimum Gasteiger partial charge on any atom is -0.376 e. The highest BCUT2D eigenvalue weighted by atomic mass is 35.5. The van der Waals surface area contributed by atoms with Crippen LogP contribution in [0.5, 0.6) is 0 Å². The molecule has 2 rings (SSSR count). The normalized spacial score (nSPS) is 12.4. The van der Waals surface area contributed by atoms with E-state index >= 15 is 0 Å². The predicted octanol–water partition coefficient (Wildman–Crippen LogP) is 2.64. The summed E-state index contributed by atoms with van der Waals surface area (Å²) in [4.78, 5) is 4.01. The van der Waals surface area contributed by atoms with Gasteiger partial charge in [-0.1, -0.05) is 11.6 Å². The first-order valence-corrected chi connectivity index (χ1v) is 5.40. The molecule has 0 saturated heterocycles. The topological polar surface area (TPSA) is 42.7 Å². The second kappa shape index (κ2) is 4.53. The lowest BCUT2D eigenvalue weighted by molar-refractivity contribution is 0.765. The molecule has 2 aromatic rings. The quantitative estimate of drug-likeness (QED) is 0.834. The number of aromatic nitrogens is 3. The van der Waals surface area contributed by atoms with Gasteiger partial charge in [-0.05, 0) is 19.1 Å². The molecule has 0 amide bonds. The SMILES string of the molecule is CC(Nc1cccnc1Cl)c1cnn(C)c1. The van der Waals surface area contributed by atoms with Gasteiger partial charge in [0, 0.05) is 25.0 Å². The van der Waals surface area contributed by atoms with Gasteiger partial charge in [0.1, 0.15) is 0 Å². The highest BCUT2D eigenvalue weighted by Gasteiger charge is 2.09. The lowest BCUT2D eigenvalue weighted by Gasteiger charge is -2.13. The summed E-state index contributed by atoms with van der Waals surface area (Å²) in [5, 5.41) is 7.91. The van der Waals surface area contributed by atoms with E-state index in [1.54, 1.807) is 10.9 Å². The van der Waals surface area contributed by atoms with Crippen LogP contribution in [0.4, 0.5) is 5.69 Å². The Morgan fingerprint density at radius 3 is 2.94 bits per heavy atom. The minimum atomic E-state index is 0.149. The van der Waals surface area contributed by atoms with E-state index in [-0.39, 0.29) is 6.04 Å². The van der Waals surface area contributed by atoms with E-state index in [0.717, 1.165) is 11.3 Å². The molecule has 0 radical (unpaired) electrons. The maximum atomic E-state index is 5.97. The molecule has 0 aliphatic heterocycles. The van der Waals surface area contributed by atoms with Crippen molar-refractivity contribution in [3.05, 3.63) is 41.4 Å². The van der Waals surface area contributed by atoms with Crippen molar-refractivity contribution in [1.29, 1.82) is 0 Å². The Balaban J connectivity index is 2.13. The van der Waals surface area contributed by atoms with Crippen molar-refractivity contribution in [3.63, 3.8) is 0 Å². The predicted molar refractivity (Wildman–Crippen MR) is 64.5 cm³/mol. The average Bonchev–Trinajstić information content (AvgIpc) is 2.68. The summed E-state index contributed by atoms with van der Waals surface area (Å²) in [7, 11) is 1.90. The zero-order valence-corrected chi connectivity index (χ0v) is 9.94. The number of nitrogens with zero attached hydrogens (tertiary/aromatic N) is 3. The Morgan fingerprint density at radius 1 is 1.50 bits per heavy atom. The van der Waals surface area contributed by atoms with Crippen LogP contribution in [0.25, 0.3) is 0 Å². The number of hydrogen-bond donors (Lipinski definition) is 1. The Morgan fingerprint density at radius 2 is 2.31 bits per heavy atom. The number of anilines is 1. The molecule has 0 saturated carbocycles. The molecule has 84 valence electrons. The highest BCUT2D eigenvalue weighted by molar-refractivity contribution is 6.31. The van der Waals surface area contributed by atoms with Crippen LogP contribution < -0.4 is 5.32 Å². The number of aryl methyl sites for hydroxylation is 1. The Kier molecular flexibility index (Phi) is 3.10. The first-order chi connectivity index (χ1) is 7.66. The Labute approximate surface area is 99.3 Å². The van der Waals surface area contributed by atoms with Crippen LogP contribution in [0.1, 0.15) is 18.5 Å². The molecule has 1 unspecified atom stereocenters. The van der Waals surface area contributed by atoms with Gasteiger partial charge in [0.2, 0.25) is 0 Å². The summed E-state index contributed by atoms with van der Waals surface area (Å²) in [6.45, 7) is 2.06. The molecule has 16 heavy (non-hydrogen) atoms. The van der Waals surface area contributed by atoms with E-state index in [2.05, 4.69) is 22.3 Å². The van der Waals surface area contributed by atoms with Crippen LogP contribution >= 0.6 is 11.6 Å². The summed E-state index contributed by atoms with van der Waals surface area (Å²) in [6, 6.07) is 3.90. The summed E-state index contributed by atoms with van der Waals surface area (Å²) in [5.74, 6) is 0. The van der Waals surface area contributed by atoms with Crippen LogP contribution in [0, 0.1) is 0 Å². The number of pyridine rings is 1. The van der Waals surface area contributed by atoms with Gasteiger partial charge in [0.25, 0.3) is 0 Å². The van der Waals surface area contributed by atoms with Crippen molar-refractivity contribution < 1.29 is 0 Å². The fourth-order valence-corrected chi connectivity index (χ4v) is 1.65. The zero-order chi connectivity index (χ0) is 11.5. The van der Waals surface area contributed by atoms with Crippen molar-refractivity contribution in [2.75, 3.05) is 5.32 Å². The number of hydrogen-bond acceptors (Lipinski definition) is 3. The third-order valence-corrected chi connectivity index (χ3v) is 2.66. The average molecular weight is 237 g/mol. The zero-order valence-electron chi connectivity index (χ0n) is 9.18. The summed E-state index contributed by atoms with van der Waals surface area (Å²) in [5.41, 5.74) is 1.95. The molecule has 0 spiro atoms. The molecule has 0 aromatic carbocycles. The van der Waals surface area contributed by atoms with Gasteiger partial charge in [0.05, 0.1) is 17.9 Å². The number of halogens is 1. The number of nitrogens with one attached hydrogen (secondary N) is 1. The fourth-order valence-electron chi connectivity index (χ4n) is 1.47. The lowest BCUT2D eigenvalue weighted by atomic mass is 10.2. The van der Waals surface area contributed by atoms with Crippen molar-refractivity contribution in [2.45, 2.75) is 13.0 Å². The molecule has 5 heteroatoms. The van der Waals surface area contributed by atoms with E-state index < -0.39 is 0 Å². The standard InChI is InChI=1S/C11H13ClN4/c1-8(9-6-14-16(2)7-9)15-10-4-3-5-13-11(10)12/h3-8,15H,1-2H3. The van der Waals surface area contributed by atoms with E-state index in [4.69, 9.17) is 11.6 Å². The summed E-state index contributed by atoms with van der Waals surface area (Å²) >= 11 is 5.97. The minimum absolute atomic E-state index is 0.149. The lowest BCUT2D eigenvalue weighted by Crippen LogP contribution is -2.06. The molecule has 1 atom stereocenters. The third kappa shape index (κ3) is 2.33. The second-order valence-corrected chi connectivity index (χ2v) is 4.01. The van der Waals surface area contributed by atoms with Gasteiger partial charge in [-0.25, -0.2) is 4.98 Å². The maximum absolute atomic E-state index is 5.97. The molecular formula is C11H13ClN4. The number of rotatable bonds is 3.